The second-order valence-corrected chi connectivity index (χ2v) is 7.86. The normalized spacial score (nSPS) is 13.6. The third-order valence-electron chi connectivity index (χ3n) is 4.92. The van der Waals surface area contributed by atoms with Gasteiger partial charge in [-0.25, -0.2) is 9.78 Å². The predicted molar refractivity (Wildman–Crippen MR) is 122 cm³/mol. The molecule has 9 nitrogen and oxygen atoms in total. The van der Waals surface area contributed by atoms with Gasteiger partial charge in [0.15, 0.2) is 0 Å². The molecule has 1 aromatic heterocycles. The Bertz CT molecular complexity index is 1180. The average Bonchev–Trinajstić information content (AvgIpc) is 3.63. The van der Waals surface area contributed by atoms with E-state index in [0.29, 0.717) is 17.4 Å². The summed E-state index contributed by atoms with van der Waals surface area (Å²) in [5.41, 5.74) is 0.581. The Balaban J connectivity index is 1.52. The number of non-ortho nitro benzene ring substituents is 1. The average molecular weight is 467 g/mol. The third-order valence-corrected chi connectivity index (χ3v) is 5.23. The van der Waals surface area contributed by atoms with E-state index in [-0.39, 0.29) is 22.0 Å². The van der Waals surface area contributed by atoms with Gasteiger partial charge in [0, 0.05) is 29.9 Å². The smallest absolute Gasteiger partial charge is 0.340 e. The second-order valence-electron chi connectivity index (χ2n) is 7.46. The summed E-state index contributed by atoms with van der Waals surface area (Å²) >= 11 is 6.08. The Hall–Kier alpha value is -3.98. The number of hydrogen-bond donors (Lipinski definition) is 2. The first kappa shape index (κ1) is 22.2. The van der Waals surface area contributed by atoms with Gasteiger partial charge in [0.05, 0.1) is 21.2 Å². The maximum absolute atomic E-state index is 13.0. The molecule has 1 amide bonds. The molecule has 0 bridgehead atoms. The van der Waals surface area contributed by atoms with Crippen molar-refractivity contribution in [2.45, 2.75) is 25.0 Å². The van der Waals surface area contributed by atoms with Crippen LogP contribution in [0.2, 0.25) is 5.02 Å². The minimum atomic E-state index is -1.28. The highest BCUT2D eigenvalue weighted by molar-refractivity contribution is 6.34. The van der Waals surface area contributed by atoms with E-state index in [9.17, 15) is 19.7 Å². The van der Waals surface area contributed by atoms with E-state index in [0.717, 1.165) is 18.9 Å². The van der Waals surface area contributed by atoms with Gasteiger partial charge in [0.2, 0.25) is 6.10 Å². The molecule has 1 heterocycles. The molecule has 0 radical (unpaired) electrons. The van der Waals surface area contributed by atoms with Gasteiger partial charge in [-0.15, -0.1) is 0 Å². The SMILES string of the molecule is O=C(OC(C(=O)Nc1ccc([N+](=O)[O-])cc1Cl)c1ccccc1)c1ccc(NC2CC2)nc1. The molecule has 1 aliphatic rings. The zero-order valence-electron chi connectivity index (χ0n) is 17.2. The first-order chi connectivity index (χ1) is 15.9. The molecule has 0 spiro atoms. The van der Waals surface area contributed by atoms with Gasteiger partial charge in [-0.3, -0.25) is 14.9 Å². The molecule has 4 rings (SSSR count). The van der Waals surface area contributed by atoms with Crippen molar-refractivity contribution in [3.63, 3.8) is 0 Å². The number of nitrogens with one attached hydrogen (secondary N) is 2. The first-order valence-electron chi connectivity index (χ1n) is 10.1. The molecule has 1 unspecified atom stereocenters. The highest BCUT2D eigenvalue weighted by atomic mass is 35.5. The van der Waals surface area contributed by atoms with E-state index in [4.69, 9.17) is 16.3 Å². The zero-order chi connectivity index (χ0) is 23.4. The number of benzene rings is 2. The predicted octanol–water partition coefficient (Wildman–Crippen LogP) is 4.75. The fourth-order valence-corrected chi connectivity index (χ4v) is 3.25. The van der Waals surface area contributed by atoms with Crippen molar-refractivity contribution < 1.29 is 19.2 Å². The summed E-state index contributed by atoms with van der Waals surface area (Å²) in [6.45, 7) is 0. The number of carbonyl (C=O) groups excluding carboxylic acids is 2. The van der Waals surface area contributed by atoms with Crippen LogP contribution in [-0.2, 0) is 9.53 Å². The van der Waals surface area contributed by atoms with Crippen LogP contribution in [0.3, 0.4) is 0 Å². The van der Waals surface area contributed by atoms with Gasteiger partial charge in [-0.2, -0.15) is 0 Å². The Morgan fingerprint density at radius 1 is 1.12 bits per heavy atom. The maximum Gasteiger partial charge on any atom is 0.340 e. The van der Waals surface area contributed by atoms with Crippen LogP contribution in [0, 0.1) is 10.1 Å². The molecule has 1 fully saturated rings. The van der Waals surface area contributed by atoms with Crippen molar-refractivity contribution in [2.75, 3.05) is 10.6 Å². The van der Waals surface area contributed by atoms with Crippen molar-refractivity contribution >= 4 is 40.7 Å². The van der Waals surface area contributed by atoms with E-state index in [1.165, 1.54) is 18.3 Å². The molecule has 1 aliphatic carbocycles. The number of rotatable bonds is 8. The van der Waals surface area contributed by atoms with Crippen molar-refractivity contribution in [3.8, 4) is 0 Å². The Kier molecular flexibility index (Phi) is 6.50. The molecule has 1 saturated carbocycles. The van der Waals surface area contributed by atoms with Gasteiger partial charge in [-0.05, 0) is 31.0 Å². The summed E-state index contributed by atoms with van der Waals surface area (Å²) in [6.07, 6.45) is 2.30. The molecule has 10 heteroatoms. The molecule has 1 atom stereocenters. The molecular formula is C23H19ClN4O5. The lowest BCUT2D eigenvalue weighted by molar-refractivity contribution is -0.384. The van der Waals surface area contributed by atoms with Crippen LogP contribution in [0.1, 0.15) is 34.9 Å². The third kappa shape index (κ3) is 5.64. The lowest BCUT2D eigenvalue weighted by Crippen LogP contribution is -2.26. The van der Waals surface area contributed by atoms with E-state index in [2.05, 4.69) is 15.6 Å². The minimum absolute atomic E-state index is 0.0151. The largest absolute Gasteiger partial charge is 0.444 e. The number of halogens is 1. The summed E-state index contributed by atoms with van der Waals surface area (Å²) in [4.78, 5) is 40.3. The van der Waals surface area contributed by atoms with Crippen molar-refractivity contribution in [1.82, 2.24) is 4.98 Å². The van der Waals surface area contributed by atoms with Crippen LogP contribution < -0.4 is 10.6 Å². The number of ether oxygens (including phenoxy) is 1. The van der Waals surface area contributed by atoms with Gasteiger partial charge in [0.1, 0.15) is 5.82 Å². The lowest BCUT2D eigenvalue weighted by atomic mass is 10.1. The number of carbonyl (C=O) groups is 2. The van der Waals surface area contributed by atoms with Gasteiger partial charge in [-0.1, -0.05) is 41.9 Å². The first-order valence-corrected chi connectivity index (χ1v) is 10.5. The van der Waals surface area contributed by atoms with Crippen LogP contribution in [-0.4, -0.2) is 27.8 Å². The monoisotopic (exact) mass is 466 g/mol. The van der Waals surface area contributed by atoms with E-state index in [1.54, 1.807) is 42.5 Å². The van der Waals surface area contributed by atoms with Crippen LogP contribution >= 0.6 is 11.6 Å². The zero-order valence-corrected chi connectivity index (χ0v) is 18.0. The molecule has 168 valence electrons. The second kappa shape index (κ2) is 9.66. The van der Waals surface area contributed by atoms with Crippen molar-refractivity contribution in [2.24, 2.45) is 0 Å². The van der Waals surface area contributed by atoms with Crippen LogP contribution in [0.4, 0.5) is 17.2 Å². The summed E-state index contributed by atoms with van der Waals surface area (Å²) in [5.74, 6) is -0.719. The summed E-state index contributed by atoms with van der Waals surface area (Å²) < 4.78 is 5.53. The van der Waals surface area contributed by atoms with Gasteiger partial charge >= 0.3 is 5.97 Å². The quantitative estimate of drug-likeness (QED) is 0.279. The number of aromatic nitrogens is 1. The minimum Gasteiger partial charge on any atom is -0.444 e. The highest BCUT2D eigenvalue weighted by Gasteiger charge is 2.27. The fourth-order valence-electron chi connectivity index (χ4n) is 3.03. The van der Waals surface area contributed by atoms with E-state index < -0.39 is 22.9 Å². The Morgan fingerprint density at radius 2 is 1.88 bits per heavy atom. The maximum atomic E-state index is 13.0. The topological polar surface area (TPSA) is 123 Å². The number of pyridine rings is 1. The standard InChI is InChI=1S/C23H19ClN4O5/c24-18-12-17(28(31)32)9-10-19(18)27-22(29)21(14-4-2-1-3-5-14)33-23(30)15-6-11-20(25-13-15)26-16-7-8-16/h1-6,9-13,16,21H,7-8H2,(H,25,26)(H,27,29). The van der Waals surface area contributed by atoms with Crippen LogP contribution in [0.15, 0.2) is 66.9 Å². The molecule has 33 heavy (non-hydrogen) atoms. The Labute approximate surface area is 193 Å². The summed E-state index contributed by atoms with van der Waals surface area (Å²) in [6, 6.07) is 15.8. The molecule has 0 aliphatic heterocycles. The molecule has 3 aromatic rings. The Morgan fingerprint density at radius 3 is 2.48 bits per heavy atom. The van der Waals surface area contributed by atoms with Gasteiger partial charge < -0.3 is 15.4 Å². The summed E-state index contributed by atoms with van der Waals surface area (Å²) in [5, 5.41) is 16.7. The molecule has 2 aromatic carbocycles. The van der Waals surface area contributed by atoms with E-state index in [1.807, 2.05) is 0 Å². The number of nitro benzene ring substituents is 1. The van der Waals surface area contributed by atoms with Gasteiger partial charge in [0.25, 0.3) is 11.6 Å². The lowest BCUT2D eigenvalue weighted by Gasteiger charge is -2.18. The number of hydrogen-bond acceptors (Lipinski definition) is 7. The molecule has 0 saturated heterocycles. The van der Waals surface area contributed by atoms with Crippen molar-refractivity contribution in [3.05, 3.63) is 93.1 Å². The number of amides is 1. The van der Waals surface area contributed by atoms with E-state index >= 15 is 0 Å². The highest BCUT2D eigenvalue weighted by Crippen LogP contribution is 2.29. The summed E-state index contributed by atoms with van der Waals surface area (Å²) in [7, 11) is 0. The number of nitro groups is 1. The number of esters is 1. The van der Waals surface area contributed by atoms with Crippen LogP contribution in [0.25, 0.3) is 0 Å². The van der Waals surface area contributed by atoms with Crippen LogP contribution in [0.5, 0.6) is 0 Å². The molecule has 2 N–H and O–H groups in total. The van der Waals surface area contributed by atoms with Crippen molar-refractivity contribution in [1.29, 1.82) is 0 Å². The molecular weight excluding hydrogens is 448 g/mol. The number of nitrogens with zero attached hydrogens (tertiary/aromatic N) is 2. The number of anilines is 2. The fraction of sp³-hybridized carbons (Fsp3) is 0.174.